The number of aromatic nitrogens is 2. The summed E-state index contributed by atoms with van der Waals surface area (Å²) in [5.74, 6) is -4.74. The molecule has 1 aromatic heterocycles. The summed E-state index contributed by atoms with van der Waals surface area (Å²) in [7, 11) is 10.5. The van der Waals surface area contributed by atoms with Crippen LogP contribution in [0.5, 0.6) is 23.0 Å². The first-order chi connectivity index (χ1) is 65.0. The zero-order valence-corrected chi connectivity index (χ0v) is 76.7. The molecule has 726 valence electrons. The molecule has 22 rings (SSSR count). The normalized spacial score (nSPS) is 31.8. The number of guanidine groups is 5. The topological polar surface area (TPSA) is 429 Å². The van der Waals surface area contributed by atoms with E-state index >= 15 is 8.78 Å². The van der Waals surface area contributed by atoms with Gasteiger partial charge in [0.1, 0.15) is 91.4 Å². The SMILES string of the molecule is CCCOc1ccc(F)c([C@]23CO[C@@H](C4CC4)C[C@H]2C(=O)N(C)C(N)=N3)c1.CN1C(=O)[C@@H]2C[C@H](C3CC3)OC[C@]2(c2cc(OCC34CC(C3)C4)ccc2F)N=C1N.CN1C(=O)[C@@H]2C[C@H](C3CC3)OC[C@]2(c2cc(Oc3ccnnc3)ccc2F)N=C1N.COC(=O)[C@@H]1C[C@H]2C(=O)N(C)C(N)=N[C@@]2(c2ccc(F)cc2F)CO1.COC[C@@H]1C[C@H]2C(=O)N(C)C(N)=N[C@@]2(c2ccc(F)cc2F)CO1. The van der Waals surface area contributed by atoms with Crippen LogP contribution in [-0.2, 0) is 89.6 Å². The van der Waals surface area contributed by atoms with E-state index in [1.54, 1.807) is 57.5 Å². The number of nitrogens with two attached hydrogens (primary N) is 5. The number of fused-ring (bicyclic) bond motifs is 5. The largest absolute Gasteiger partial charge is 0.494 e. The number of hydrogen-bond donors (Lipinski definition) is 5. The number of carbonyl (C=O) groups is 6. The number of rotatable bonds is 19. The summed E-state index contributed by atoms with van der Waals surface area (Å²) < 4.78 is 158. The van der Waals surface area contributed by atoms with E-state index in [0.717, 1.165) is 74.0 Å². The lowest BCUT2D eigenvalue weighted by molar-refractivity contribution is -0.168. The second kappa shape index (κ2) is 37.8. The van der Waals surface area contributed by atoms with Gasteiger partial charge >= 0.3 is 5.97 Å². The number of benzene rings is 5. The molecule has 6 saturated carbocycles. The molecule has 0 spiro atoms. The Hall–Kier alpha value is -12.0. The quantitative estimate of drug-likeness (QED) is 0.0373. The maximum Gasteiger partial charge on any atom is 0.334 e. The summed E-state index contributed by atoms with van der Waals surface area (Å²) in [5.41, 5.74) is 24.9. The summed E-state index contributed by atoms with van der Waals surface area (Å²) in [6.45, 7) is 3.62. The van der Waals surface area contributed by atoms with Crippen molar-refractivity contribution in [1.82, 2.24) is 34.7 Å². The van der Waals surface area contributed by atoms with Gasteiger partial charge in [0, 0.05) is 93.8 Å². The van der Waals surface area contributed by atoms with Gasteiger partial charge in [-0.1, -0.05) is 19.1 Å². The van der Waals surface area contributed by atoms with Gasteiger partial charge in [0.25, 0.3) is 0 Å². The van der Waals surface area contributed by atoms with Crippen molar-refractivity contribution in [3.8, 4) is 23.0 Å². The zero-order valence-electron chi connectivity index (χ0n) is 76.7. The fraction of sp³-hybridized carbons (Fsp3) is 0.531. The molecule has 15 atom stereocenters. The van der Waals surface area contributed by atoms with Gasteiger partial charge in [-0.05, 0) is 187 Å². The first-order valence-electron chi connectivity index (χ1n) is 45.8. The monoisotopic (exact) mass is 1890 g/mol. The van der Waals surface area contributed by atoms with Crippen LogP contribution in [0.2, 0.25) is 0 Å². The fourth-order valence-electron chi connectivity index (χ4n) is 21.2. The average Bonchev–Trinajstić information content (AvgIpc) is 1.52. The van der Waals surface area contributed by atoms with E-state index in [1.165, 1.54) is 116 Å². The van der Waals surface area contributed by atoms with E-state index < -0.39 is 116 Å². The van der Waals surface area contributed by atoms with Gasteiger partial charge in [-0.3, -0.25) is 48.5 Å². The molecule has 5 amide bonds. The lowest BCUT2D eigenvalue weighted by Crippen LogP contribution is -2.60. The van der Waals surface area contributed by atoms with Crippen molar-refractivity contribution in [2.75, 3.05) is 102 Å². The Balaban J connectivity index is 0.000000118. The van der Waals surface area contributed by atoms with Crippen LogP contribution in [0.4, 0.5) is 30.7 Å². The molecule has 0 radical (unpaired) electrons. The number of ether oxygens (including phenoxy) is 10. The third-order valence-electron chi connectivity index (χ3n) is 29.5. The minimum absolute atomic E-state index is 0.00776. The average molecular weight is 1890 g/mol. The van der Waals surface area contributed by atoms with Gasteiger partial charge in [-0.2, -0.15) is 10.2 Å². The number of hydrogen-bond acceptors (Lipinski definition) is 28. The maximum atomic E-state index is 15.2. The molecule has 136 heavy (non-hydrogen) atoms. The molecule has 11 fully saturated rings. The number of aliphatic imine (C=N–C) groups is 5. The van der Waals surface area contributed by atoms with Crippen LogP contribution in [0.3, 0.4) is 0 Å². The molecule has 0 unspecified atom stereocenters. The van der Waals surface area contributed by atoms with Crippen molar-refractivity contribution in [1.29, 1.82) is 0 Å². The van der Waals surface area contributed by atoms with E-state index in [1.807, 2.05) is 6.92 Å². The zero-order chi connectivity index (χ0) is 96.6. The molecule has 6 aliphatic carbocycles. The third-order valence-corrected chi connectivity index (χ3v) is 29.5. The van der Waals surface area contributed by atoms with Crippen molar-refractivity contribution in [2.24, 2.45) is 112 Å². The number of nitrogens with zero attached hydrogens (tertiary/aromatic N) is 12. The van der Waals surface area contributed by atoms with Crippen molar-refractivity contribution in [3.05, 3.63) is 178 Å². The van der Waals surface area contributed by atoms with E-state index in [-0.39, 0.29) is 134 Å². The van der Waals surface area contributed by atoms with Gasteiger partial charge < -0.3 is 76.0 Å². The highest BCUT2D eigenvalue weighted by Gasteiger charge is 2.63. The lowest BCUT2D eigenvalue weighted by Gasteiger charge is -2.61. The highest BCUT2D eigenvalue weighted by molar-refractivity contribution is 6.04. The molecule has 2 bridgehead atoms. The molecule has 10 aliphatic heterocycles. The van der Waals surface area contributed by atoms with E-state index in [2.05, 4.69) is 39.9 Å². The van der Waals surface area contributed by atoms with Crippen molar-refractivity contribution in [3.63, 3.8) is 0 Å². The van der Waals surface area contributed by atoms with Crippen LogP contribution in [-0.4, -0.2) is 233 Å². The van der Waals surface area contributed by atoms with E-state index in [4.69, 9.17) is 71.3 Å². The molecule has 5 saturated heterocycles. The van der Waals surface area contributed by atoms with Gasteiger partial charge in [0.15, 0.2) is 35.9 Å². The van der Waals surface area contributed by atoms with Crippen LogP contribution >= 0.6 is 0 Å². The predicted octanol–water partition coefficient (Wildman–Crippen LogP) is 8.94. The smallest absolute Gasteiger partial charge is 0.334 e. The molecule has 11 heterocycles. The molecular formula is C96H112F7N17O16. The Morgan fingerprint density at radius 2 is 0.787 bits per heavy atom. The van der Waals surface area contributed by atoms with Crippen LogP contribution in [0.25, 0.3) is 0 Å². The summed E-state index contributed by atoms with van der Waals surface area (Å²) in [6.07, 6.45) is 14.8. The van der Waals surface area contributed by atoms with E-state index in [9.17, 15) is 50.7 Å². The number of halogens is 7. The van der Waals surface area contributed by atoms with Gasteiger partial charge in [0.2, 0.25) is 29.5 Å². The Kier molecular flexibility index (Phi) is 26.6. The second-order valence-electron chi connectivity index (χ2n) is 38.1. The predicted molar refractivity (Wildman–Crippen MR) is 477 cm³/mol. The minimum atomic E-state index is -1.46. The van der Waals surface area contributed by atoms with Crippen molar-refractivity contribution in [2.45, 2.75) is 161 Å². The first kappa shape index (κ1) is 95.7. The lowest BCUT2D eigenvalue weighted by atomic mass is 9.45. The molecular weight excluding hydrogens is 1780 g/mol. The van der Waals surface area contributed by atoms with Crippen molar-refractivity contribution < 1.29 is 107 Å². The summed E-state index contributed by atoms with van der Waals surface area (Å²) >= 11 is 0. The van der Waals surface area contributed by atoms with Gasteiger partial charge in [0.05, 0.1) is 126 Å². The standard InChI is InChI=1S/C23H28FN3O3.C21H22FN5O3.C20H26FN3O3.C16H17F2N3O4.C16H19F2N3O3/c1-27-20(28)17-7-19(14-2-3-14)30-12-23(17,26-21(27)25)16-6-15(4-5-18(16)24)29-11-22-8-13(9-22)10-22;1-27-19(28)16-9-18(12-2-3-12)29-11-21(16,26-20(27)23)15-8-13(4-5-17(15)22)30-14-6-7-24-25-10-14;1-3-8-26-13-6-7-16(21)14(9-13)20-11-27-17(12-4-5-12)10-15(20)18(25)24(2)19(22)23-20;1-21-13(22)10-6-12(14(23)24-2)25-7-16(10,20-15(21)19)9-4-3-8(17)5-11(9)18;1-21-14(22)12-6-10(7-23-2)24-8-16(12,20-15(21)19)11-4-3-9(17)5-13(11)18/h4-6,13-14,17,19H,2-3,7-12H2,1H3,(H2,25,26);4-8,10,12,16,18H,2-3,9,11H2,1H3,(H2,23,26);6-7,9,12,15,17H,3-5,8,10-11H2,1-2H3,(H2,22,23);3-5,10,12H,6-7H2,1-2H3,(H2,19,20);3-5,10,12H,6-8H2,1-2H3,(H2,19,20)/t13?,17-,19+,22?,23+;16-,18+,21+;15-,17+,20+;2*10-,12-,16+/m00000/s1. The van der Waals surface area contributed by atoms with Crippen molar-refractivity contribution >= 4 is 65.3 Å². The van der Waals surface area contributed by atoms with Gasteiger partial charge in [-0.15, -0.1) is 0 Å². The Morgan fingerprint density at radius 1 is 0.419 bits per heavy atom. The number of amides is 5. The van der Waals surface area contributed by atoms with Crippen LogP contribution < -0.4 is 42.9 Å². The fourth-order valence-corrected chi connectivity index (χ4v) is 21.2. The van der Waals surface area contributed by atoms with Crippen LogP contribution in [0.1, 0.15) is 131 Å². The second-order valence-corrected chi connectivity index (χ2v) is 38.1. The molecule has 16 aliphatic rings. The van der Waals surface area contributed by atoms with Gasteiger partial charge in [-0.25, -0.2) is 60.5 Å². The molecule has 6 aromatic rings. The summed E-state index contributed by atoms with van der Waals surface area (Å²) in [4.78, 5) is 106. The van der Waals surface area contributed by atoms with E-state index in [0.29, 0.717) is 109 Å². The Labute approximate surface area is 780 Å². The molecule has 33 nitrogen and oxygen atoms in total. The highest BCUT2D eigenvalue weighted by Crippen LogP contribution is 2.65. The maximum absolute atomic E-state index is 15.2. The molecule has 10 N–H and O–H groups in total. The first-order valence-corrected chi connectivity index (χ1v) is 45.8. The summed E-state index contributed by atoms with van der Waals surface area (Å²) in [6, 6.07) is 21.7. The summed E-state index contributed by atoms with van der Waals surface area (Å²) in [5, 5.41) is 7.49. The third kappa shape index (κ3) is 18.0. The Bertz CT molecular complexity index is 5780. The number of carbonyl (C=O) groups excluding carboxylic acids is 6. The number of esters is 1. The Morgan fingerprint density at radius 3 is 1.15 bits per heavy atom. The molecule has 40 heteroatoms. The highest BCUT2D eigenvalue weighted by atomic mass is 19.2. The number of methoxy groups -OCH3 is 2. The van der Waals surface area contributed by atoms with Crippen LogP contribution in [0, 0.1) is 99.4 Å². The minimum Gasteiger partial charge on any atom is -0.494 e. The molecule has 5 aromatic carbocycles. The van der Waals surface area contributed by atoms with Crippen LogP contribution in [0.15, 0.2) is 134 Å².